The average molecular weight is 479 g/mol. The molecule has 4 nitrogen and oxygen atoms in total. The molecule has 2 aromatic rings. The van der Waals surface area contributed by atoms with Crippen LogP contribution in [0.2, 0.25) is 10.0 Å². The molecule has 0 unspecified atom stereocenters. The second-order valence-corrected chi connectivity index (χ2v) is 9.11. The third kappa shape index (κ3) is 6.46. The predicted octanol–water partition coefficient (Wildman–Crippen LogP) is 5.93. The number of hydrogen-bond donors (Lipinski definition) is 1. The number of hydrogen-bond acceptors (Lipinski definition) is 2. The molecule has 0 aromatic heterocycles. The molecule has 0 bridgehead atoms. The molecule has 0 radical (unpaired) electrons. The van der Waals surface area contributed by atoms with Crippen molar-refractivity contribution in [3.05, 3.63) is 69.5 Å². The lowest BCUT2D eigenvalue weighted by Gasteiger charge is -2.33. The van der Waals surface area contributed by atoms with Crippen LogP contribution in [-0.4, -0.2) is 28.8 Å². The highest BCUT2D eigenvalue weighted by Crippen LogP contribution is 2.26. The van der Waals surface area contributed by atoms with E-state index in [4.69, 9.17) is 23.2 Å². The van der Waals surface area contributed by atoms with Gasteiger partial charge in [-0.1, -0.05) is 67.6 Å². The van der Waals surface area contributed by atoms with Gasteiger partial charge in [0.1, 0.15) is 11.9 Å². The Morgan fingerprint density at radius 2 is 1.69 bits per heavy atom. The first-order valence-electron chi connectivity index (χ1n) is 11.2. The number of nitrogens with one attached hydrogen (secondary N) is 1. The van der Waals surface area contributed by atoms with Crippen molar-refractivity contribution in [3.63, 3.8) is 0 Å². The Morgan fingerprint density at radius 3 is 2.28 bits per heavy atom. The van der Waals surface area contributed by atoms with Crippen molar-refractivity contribution in [2.75, 3.05) is 0 Å². The number of carbonyl (C=O) groups excluding carboxylic acids is 2. The predicted molar refractivity (Wildman–Crippen MR) is 126 cm³/mol. The van der Waals surface area contributed by atoms with Gasteiger partial charge < -0.3 is 10.2 Å². The largest absolute Gasteiger partial charge is 0.352 e. The van der Waals surface area contributed by atoms with Crippen molar-refractivity contribution in [1.82, 2.24) is 10.2 Å². The fourth-order valence-corrected chi connectivity index (χ4v) is 4.74. The zero-order chi connectivity index (χ0) is 23.1. The molecule has 0 heterocycles. The quantitative estimate of drug-likeness (QED) is 0.510. The molecule has 7 heteroatoms. The second kappa shape index (κ2) is 11.7. The molecular formula is C25H29Cl2FN2O2. The summed E-state index contributed by atoms with van der Waals surface area (Å²) >= 11 is 12.6. The zero-order valence-corrected chi connectivity index (χ0v) is 19.8. The molecular weight excluding hydrogens is 450 g/mol. The van der Waals surface area contributed by atoms with Crippen LogP contribution in [-0.2, 0) is 22.6 Å². The number of carbonyl (C=O) groups is 2. The maximum absolute atomic E-state index is 13.4. The maximum atomic E-state index is 13.4. The van der Waals surface area contributed by atoms with Crippen LogP contribution in [0.15, 0.2) is 42.5 Å². The van der Waals surface area contributed by atoms with Crippen molar-refractivity contribution in [1.29, 1.82) is 0 Å². The van der Waals surface area contributed by atoms with E-state index in [0.717, 1.165) is 31.2 Å². The van der Waals surface area contributed by atoms with E-state index >= 15 is 0 Å². The maximum Gasteiger partial charge on any atom is 0.243 e. The summed E-state index contributed by atoms with van der Waals surface area (Å²) < 4.78 is 13.4. The van der Waals surface area contributed by atoms with Crippen LogP contribution in [0.3, 0.4) is 0 Å². The third-order valence-corrected chi connectivity index (χ3v) is 6.70. The monoisotopic (exact) mass is 478 g/mol. The standard InChI is InChI=1S/C25H29Cl2FN2O2/c1-2-23(25(32)29-19-7-4-3-5-8-19)30(16-17-11-13-18(28)14-12-17)24(31)15-20-21(26)9-6-10-22(20)27/h6,9-14,19,23H,2-5,7-8,15-16H2,1H3,(H,29,32)/t23-/m0/s1. The molecule has 1 saturated carbocycles. The third-order valence-electron chi connectivity index (χ3n) is 5.99. The molecule has 0 spiro atoms. The molecule has 32 heavy (non-hydrogen) atoms. The average Bonchev–Trinajstić information content (AvgIpc) is 2.78. The molecule has 3 rings (SSSR count). The van der Waals surface area contributed by atoms with Gasteiger partial charge in [0, 0.05) is 22.6 Å². The fourth-order valence-electron chi connectivity index (χ4n) is 4.20. The van der Waals surface area contributed by atoms with Crippen LogP contribution in [0.1, 0.15) is 56.6 Å². The van der Waals surface area contributed by atoms with Crippen LogP contribution in [0, 0.1) is 5.82 Å². The van der Waals surface area contributed by atoms with Gasteiger partial charge in [-0.05, 0) is 54.7 Å². The molecule has 1 atom stereocenters. The normalized spacial score (nSPS) is 15.2. The van der Waals surface area contributed by atoms with E-state index < -0.39 is 6.04 Å². The van der Waals surface area contributed by atoms with Crippen molar-refractivity contribution in [3.8, 4) is 0 Å². The number of halogens is 3. The minimum Gasteiger partial charge on any atom is -0.352 e. The van der Waals surface area contributed by atoms with Crippen molar-refractivity contribution < 1.29 is 14.0 Å². The van der Waals surface area contributed by atoms with Crippen molar-refractivity contribution in [2.24, 2.45) is 0 Å². The van der Waals surface area contributed by atoms with Crippen LogP contribution in [0.25, 0.3) is 0 Å². The van der Waals surface area contributed by atoms with E-state index in [-0.39, 0.29) is 36.6 Å². The van der Waals surface area contributed by atoms with E-state index in [2.05, 4.69) is 5.32 Å². The fraction of sp³-hybridized carbons (Fsp3) is 0.440. The van der Waals surface area contributed by atoms with E-state index in [9.17, 15) is 14.0 Å². The first kappa shape index (κ1) is 24.5. The Kier molecular flexibility index (Phi) is 8.94. The Morgan fingerprint density at radius 1 is 1.06 bits per heavy atom. The van der Waals surface area contributed by atoms with Gasteiger partial charge in [0.05, 0.1) is 6.42 Å². The Labute approximate surface area is 199 Å². The van der Waals surface area contributed by atoms with Gasteiger partial charge in [0.25, 0.3) is 0 Å². The van der Waals surface area contributed by atoms with Crippen LogP contribution in [0.5, 0.6) is 0 Å². The Balaban J connectivity index is 1.84. The molecule has 1 aliphatic carbocycles. The smallest absolute Gasteiger partial charge is 0.243 e. The van der Waals surface area contributed by atoms with Crippen molar-refractivity contribution >= 4 is 35.0 Å². The Bertz CT molecular complexity index is 910. The van der Waals surface area contributed by atoms with Gasteiger partial charge in [-0.3, -0.25) is 9.59 Å². The first-order valence-corrected chi connectivity index (χ1v) is 11.9. The molecule has 1 aliphatic rings. The van der Waals surface area contributed by atoms with Gasteiger partial charge in [0.2, 0.25) is 11.8 Å². The minimum atomic E-state index is -0.643. The number of rotatable bonds is 8. The van der Waals surface area contributed by atoms with Gasteiger partial charge >= 0.3 is 0 Å². The summed E-state index contributed by atoms with van der Waals surface area (Å²) in [6, 6.07) is 10.6. The first-order chi connectivity index (χ1) is 15.4. The highest BCUT2D eigenvalue weighted by Gasteiger charge is 2.31. The lowest BCUT2D eigenvalue weighted by atomic mass is 9.95. The second-order valence-electron chi connectivity index (χ2n) is 8.29. The molecule has 2 amide bonds. The number of benzene rings is 2. The van der Waals surface area contributed by atoms with Crippen LogP contribution >= 0.6 is 23.2 Å². The molecule has 2 aromatic carbocycles. The lowest BCUT2D eigenvalue weighted by molar-refractivity contribution is -0.141. The summed E-state index contributed by atoms with van der Waals surface area (Å²) in [5.74, 6) is -0.758. The lowest BCUT2D eigenvalue weighted by Crippen LogP contribution is -2.52. The van der Waals surface area contributed by atoms with Gasteiger partial charge in [0.15, 0.2) is 0 Å². The molecule has 172 valence electrons. The summed E-state index contributed by atoms with van der Waals surface area (Å²) in [6.45, 7) is 2.08. The van der Waals surface area contributed by atoms with Crippen LogP contribution in [0.4, 0.5) is 4.39 Å². The topological polar surface area (TPSA) is 49.4 Å². The van der Waals surface area contributed by atoms with Gasteiger partial charge in [-0.15, -0.1) is 0 Å². The van der Waals surface area contributed by atoms with Gasteiger partial charge in [-0.2, -0.15) is 0 Å². The van der Waals surface area contributed by atoms with E-state index in [0.29, 0.717) is 22.0 Å². The zero-order valence-electron chi connectivity index (χ0n) is 18.3. The highest BCUT2D eigenvalue weighted by molar-refractivity contribution is 6.36. The van der Waals surface area contributed by atoms with E-state index in [1.165, 1.54) is 18.6 Å². The minimum absolute atomic E-state index is 0.0209. The molecule has 0 aliphatic heterocycles. The van der Waals surface area contributed by atoms with Gasteiger partial charge in [-0.25, -0.2) is 4.39 Å². The summed E-state index contributed by atoms with van der Waals surface area (Å²) in [5.41, 5.74) is 1.28. The van der Waals surface area contributed by atoms with E-state index in [1.54, 1.807) is 35.2 Å². The number of amides is 2. The summed E-state index contributed by atoms with van der Waals surface area (Å²) in [6.07, 6.45) is 5.76. The van der Waals surface area contributed by atoms with Crippen LogP contribution < -0.4 is 5.32 Å². The van der Waals surface area contributed by atoms with Crippen molar-refractivity contribution in [2.45, 2.75) is 70.5 Å². The number of nitrogens with zero attached hydrogens (tertiary/aromatic N) is 1. The SMILES string of the molecule is CC[C@@H](C(=O)NC1CCCCC1)N(Cc1ccc(F)cc1)C(=O)Cc1c(Cl)cccc1Cl. The molecule has 1 N–H and O–H groups in total. The summed E-state index contributed by atoms with van der Waals surface area (Å²) in [7, 11) is 0. The molecule has 0 saturated heterocycles. The Hall–Kier alpha value is -2.11. The molecule has 1 fully saturated rings. The van der Waals surface area contributed by atoms with E-state index in [1.807, 2.05) is 6.92 Å². The summed E-state index contributed by atoms with van der Waals surface area (Å²) in [5, 5.41) is 3.96. The highest BCUT2D eigenvalue weighted by atomic mass is 35.5. The summed E-state index contributed by atoms with van der Waals surface area (Å²) in [4.78, 5) is 28.2.